The molecule has 2 aromatic rings. The number of aromatic nitrogens is 2. The molecule has 0 aliphatic carbocycles. The van der Waals surface area contributed by atoms with Gasteiger partial charge in [0, 0.05) is 5.56 Å². The molecular formula is C13H12ClFN4O2. The zero-order valence-corrected chi connectivity index (χ0v) is 11.8. The third kappa shape index (κ3) is 3.79. The minimum atomic E-state index is -0.414. The Bertz CT molecular complexity index is 667. The fourth-order valence-electron chi connectivity index (χ4n) is 1.52. The van der Waals surface area contributed by atoms with Gasteiger partial charge in [-0.15, -0.1) is 0 Å². The van der Waals surface area contributed by atoms with Crippen molar-refractivity contribution in [1.29, 1.82) is 0 Å². The van der Waals surface area contributed by atoms with E-state index in [0.717, 1.165) is 0 Å². The Morgan fingerprint density at radius 1 is 1.43 bits per heavy atom. The molecule has 0 unspecified atom stereocenters. The summed E-state index contributed by atoms with van der Waals surface area (Å²) in [5.41, 5.74) is 6.73. The molecule has 2 rings (SSSR count). The van der Waals surface area contributed by atoms with Crippen molar-refractivity contribution in [3.8, 4) is 5.88 Å². The fourth-order valence-corrected chi connectivity index (χ4v) is 1.74. The molecule has 0 spiro atoms. The van der Waals surface area contributed by atoms with Crippen LogP contribution in [0.1, 0.15) is 11.1 Å². The quantitative estimate of drug-likeness (QED) is 0.677. The summed E-state index contributed by atoms with van der Waals surface area (Å²) >= 11 is 5.93. The highest BCUT2D eigenvalue weighted by Gasteiger charge is 2.10. The van der Waals surface area contributed by atoms with Crippen molar-refractivity contribution < 1.29 is 14.0 Å². The molecule has 0 bridgehead atoms. The second-order valence-corrected chi connectivity index (χ2v) is 4.33. The van der Waals surface area contributed by atoms with Crippen molar-refractivity contribution in [2.45, 2.75) is 6.61 Å². The first-order chi connectivity index (χ1) is 10.1. The van der Waals surface area contributed by atoms with Gasteiger partial charge < -0.3 is 15.3 Å². The summed E-state index contributed by atoms with van der Waals surface area (Å²) in [6.45, 7) is 0.101. The standard InChI is InChI=1S/C13H12ClFN4O2/c1-20-19-5-10-12(16)17-7-18-13(10)21-6-8-2-3-9(15)4-11(8)14/h2-5,7H,6H2,1H3,(H2,16,17,18). The van der Waals surface area contributed by atoms with E-state index >= 15 is 0 Å². The SMILES string of the molecule is CON=Cc1c(N)ncnc1OCc1ccc(F)cc1Cl. The number of ether oxygens (including phenoxy) is 1. The summed E-state index contributed by atoms with van der Waals surface area (Å²) in [4.78, 5) is 12.4. The number of benzene rings is 1. The number of halogens is 2. The second-order valence-electron chi connectivity index (χ2n) is 3.92. The summed E-state index contributed by atoms with van der Waals surface area (Å²) in [7, 11) is 1.40. The van der Waals surface area contributed by atoms with E-state index < -0.39 is 5.82 Å². The normalized spacial score (nSPS) is 10.8. The first kappa shape index (κ1) is 15.0. The maximum atomic E-state index is 13.0. The van der Waals surface area contributed by atoms with Gasteiger partial charge >= 0.3 is 0 Å². The lowest BCUT2D eigenvalue weighted by molar-refractivity contribution is 0.215. The predicted octanol–water partition coefficient (Wildman–Crippen LogP) is 2.41. The highest BCUT2D eigenvalue weighted by molar-refractivity contribution is 6.31. The molecule has 0 fully saturated rings. The van der Waals surface area contributed by atoms with Crippen molar-refractivity contribution >= 4 is 23.6 Å². The highest BCUT2D eigenvalue weighted by atomic mass is 35.5. The van der Waals surface area contributed by atoms with Gasteiger partial charge in [0.2, 0.25) is 5.88 Å². The third-order valence-corrected chi connectivity index (χ3v) is 2.90. The maximum Gasteiger partial charge on any atom is 0.228 e. The average molecular weight is 311 g/mol. The number of hydrogen-bond acceptors (Lipinski definition) is 6. The van der Waals surface area contributed by atoms with Crippen LogP contribution in [-0.4, -0.2) is 23.3 Å². The summed E-state index contributed by atoms with van der Waals surface area (Å²) in [5.74, 6) is 0.0117. The van der Waals surface area contributed by atoms with Gasteiger partial charge in [-0.3, -0.25) is 0 Å². The van der Waals surface area contributed by atoms with Crippen LogP contribution in [0, 0.1) is 5.82 Å². The predicted molar refractivity (Wildman–Crippen MR) is 76.8 cm³/mol. The Hall–Kier alpha value is -2.41. The molecule has 2 N–H and O–H groups in total. The summed E-state index contributed by atoms with van der Waals surface area (Å²) in [6, 6.07) is 4.04. The molecule has 21 heavy (non-hydrogen) atoms. The zero-order valence-electron chi connectivity index (χ0n) is 11.1. The van der Waals surface area contributed by atoms with Gasteiger partial charge in [-0.25, -0.2) is 14.4 Å². The van der Waals surface area contributed by atoms with Crippen LogP contribution in [0.25, 0.3) is 0 Å². The molecule has 1 heterocycles. The molecule has 0 saturated heterocycles. The van der Waals surface area contributed by atoms with E-state index in [1.54, 1.807) is 0 Å². The van der Waals surface area contributed by atoms with Gasteiger partial charge in [-0.2, -0.15) is 0 Å². The number of anilines is 1. The number of oxime groups is 1. The summed E-state index contributed by atoms with van der Waals surface area (Å²) < 4.78 is 18.5. The van der Waals surface area contributed by atoms with Crippen LogP contribution in [0.15, 0.2) is 29.7 Å². The van der Waals surface area contributed by atoms with Crippen molar-refractivity contribution in [3.63, 3.8) is 0 Å². The van der Waals surface area contributed by atoms with E-state index in [1.165, 1.54) is 37.9 Å². The Morgan fingerprint density at radius 2 is 2.24 bits per heavy atom. The molecule has 0 aliphatic rings. The lowest BCUT2D eigenvalue weighted by atomic mass is 10.2. The van der Waals surface area contributed by atoms with E-state index in [9.17, 15) is 4.39 Å². The molecule has 0 atom stereocenters. The monoisotopic (exact) mass is 310 g/mol. The van der Waals surface area contributed by atoms with Crippen LogP contribution in [0.3, 0.4) is 0 Å². The van der Waals surface area contributed by atoms with Gasteiger partial charge in [0.1, 0.15) is 37.2 Å². The molecule has 1 aromatic heterocycles. The Balaban J connectivity index is 2.20. The van der Waals surface area contributed by atoms with Crippen LogP contribution >= 0.6 is 11.6 Å². The number of nitrogen functional groups attached to an aromatic ring is 1. The van der Waals surface area contributed by atoms with E-state index in [2.05, 4.69) is 20.0 Å². The van der Waals surface area contributed by atoms with Crippen molar-refractivity contribution in [1.82, 2.24) is 9.97 Å². The largest absolute Gasteiger partial charge is 0.472 e. The van der Waals surface area contributed by atoms with Crippen LogP contribution < -0.4 is 10.5 Å². The maximum absolute atomic E-state index is 13.0. The van der Waals surface area contributed by atoms with Gasteiger partial charge in [-0.05, 0) is 12.1 Å². The van der Waals surface area contributed by atoms with Crippen molar-refractivity contribution in [2.75, 3.05) is 12.8 Å². The Labute approximate surface area is 125 Å². The molecule has 0 aliphatic heterocycles. The summed E-state index contributed by atoms with van der Waals surface area (Å²) in [6.07, 6.45) is 2.61. The van der Waals surface area contributed by atoms with E-state index in [-0.39, 0.29) is 23.3 Å². The molecule has 8 heteroatoms. The second kappa shape index (κ2) is 6.85. The molecule has 6 nitrogen and oxygen atoms in total. The fraction of sp³-hybridized carbons (Fsp3) is 0.154. The zero-order chi connectivity index (χ0) is 15.2. The molecule has 110 valence electrons. The Kier molecular flexibility index (Phi) is 4.89. The number of nitrogens with two attached hydrogens (primary N) is 1. The van der Waals surface area contributed by atoms with Crippen molar-refractivity contribution in [3.05, 3.63) is 46.5 Å². The minimum absolute atomic E-state index is 0.101. The van der Waals surface area contributed by atoms with E-state index in [0.29, 0.717) is 11.1 Å². The van der Waals surface area contributed by atoms with Gasteiger partial charge in [0.15, 0.2) is 0 Å². The molecular weight excluding hydrogens is 299 g/mol. The van der Waals surface area contributed by atoms with Gasteiger partial charge in [0.05, 0.1) is 11.2 Å². The van der Waals surface area contributed by atoms with Crippen LogP contribution in [0.2, 0.25) is 5.02 Å². The van der Waals surface area contributed by atoms with Crippen molar-refractivity contribution in [2.24, 2.45) is 5.16 Å². The number of rotatable bonds is 5. The molecule has 0 saturated carbocycles. The Morgan fingerprint density at radius 3 is 2.95 bits per heavy atom. The van der Waals surface area contributed by atoms with Crippen LogP contribution in [-0.2, 0) is 11.4 Å². The number of hydrogen-bond donors (Lipinski definition) is 1. The van der Waals surface area contributed by atoms with E-state index in [1.807, 2.05) is 0 Å². The smallest absolute Gasteiger partial charge is 0.228 e. The van der Waals surface area contributed by atoms with E-state index in [4.69, 9.17) is 22.1 Å². The minimum Gasteiger partial charge on any atom is -0.472 e. The van der Waals surface area contributed by atoms with Gasteiger partial charge in [-0.1, -0.05) is 22.8 Å². The third-order valence-electron chi connectivity index (χ3n) is 2.54. The topological polar surface area (TPSA) is 82.6 Å². The van der Waals surface area contributed by atoms with Crippen LogP contribution in [0.4, 0.5) is 10.2 Å². The molecule has 0 amide bonds. The average Bonchev–Trinajstić information content (AvgIpc) is 2.45. The lowest BCUT2D eigenvalue weighted by Gasteiger charge is -2.09. The van der Waals surface area contributed by atoms with Crippen LogP contribution in [0.5, 0.6) is 5.88 Å². The molecule has 0 radical (unpaired) electrons. The summed E-state index contributed by atoms with van der Waals surface area (Å²) in [5, 5.41) is 3.87. The first-order valence-corrected chi connectivity index (χ1v) is 6.23. The highest BCUT2D eigenvalue weighted by Crippen LogP contribution is 2.22. The first-order valence-electron chi connectivity index (χ1n) is 5.85. The number of nitrogens with zero attached hydrogens (tertiary/aromatic N) is 3. The molecule has 1 aromatic carbocycles. The van der Waals surface area contributed by atoms with Gasteiger partial charge in [0.25, 0.3) is 0 Å². The lowest BCUT2D eigenvalue weighted by Crippen LogP contribution is -2.05.